The molecule has 0 bridgehead atoms. The van der Waals surface area contributed by atoms with Gasteiger partial charge < -0.3 is 10.8 Å². The summed E-state index contributed by atoms with van der Waals surface area (Å²) in [5, 5.41) is 9.93. The van der Waals surface area contributed by atoms with E-state index in [1.54, 1.807) is 0 Å². The fraction of sp³-hybridized carbons (Fsp3) is 0.951. The Morgan fingerprint density at radius 1 is 0.457 bits per heavy atom. The zero-order valence-corrected chi connectivity index (χ0v) is 31.3. The number of hydrogen-bond acceptors (Lipinski definition) is 3. The molecule has 0 fully saturated rings. The van der Waals surface area contributed by atoms with E-state index >= 15 is 0 Å². The van der Waals surface area contributed by atoms with Crippen molar-refractivity contribution in [3.05, 3.63) is 0 Å². The predicted octanol–water partition coefficient (Wildman–Crippen LogP) is 12.5. The zero-order valence-electron chi connectivity index (χ0n) is 31.3. The van der Waals surface area contributed by atoms with E-state index in [9.17, 15) is 14.7 Å². The lowest BCUT2D eigenvalue weighted by atomic mass is 10.0. The van der Waals surface area contributed by atoms with E-state index in [1.807, 2.05) is 0 Å². The molecule has 5 nitrogen and oxygen atoms in total. The Labute approximate surface area is 288 Å². The van der Waals surface area contributed by atoms with Crippen LogP contribution in [0.15, 0.2) is 0 Å². The molecule has 0 radical (unpaired) electrons. The van der Waals surface area contributed by atoms with Crippen LogP contribution < -0.4 is 5.73 Å². The molecule has 0 rings (SSSR count). The number of carbonyl (C=O) groups excluding carboxylic acids is 1. The van der Waals surface area contributed by atoms with Gasteiger partial charge in [0.05, 0.1) is 0 Å². The van der Waals surface area contributed by atoms with Gasteiger partial charge in [-0.25, -0.2) is 0 Å². The molecule has 1 amide bonds. The van der Waals surface area contributed by atoms with Gasteiger partial charge >= 0.3 is 5.97 Å². The number of carboxylic acids is 1. The molecule has 0 aliphatic carbocycles. The first-order valence-corrected chi connectivity index (χ1v) is 20.8. The number of aliphatic carboxylic acids is 1. The van der Waals surface area contributed by atoms with Crippen LogP contribution in [-0.4, -0.2) is 41.0 Å². The van der Waals surface area contributed by atoms with Crippen molar-refractivity contribution in [1.29, 1.82) is 0 Å². The van der Waals surface area contributed by atoms with Gasteiger partial charge in [-0.1, -0.05) is 206 Å². The van der Waals surface area contributed by atoms with Crippen LogP contribution in [0.25, 0.3) is 0 Å². The normalized spacial score (nSPS) is 12.2. The molecule has 274 valence electrons. The van der Waals surface area contributed by atoms with Crippen LogP contribution in [0.2, 0.25) is 0 Å². The maximum Gasteiger partial charge on any atom is 0.320 e. The van der Waals surface area contributed by atoms with Crippen LogP contribution in [0.4, 0.5) is 0 Å². The van der Waals surface area contributed by atoms with Gasteiger partial charge in [-0.15, -0.1) is 0 Å². The van der Waals surface area contributed by atoms with Crippen molar-refractivity contribution < 1.29 is 14.7 Å². The van der Waals surface area contributed by atoms with Gasteiger partial charge in [0.2, 0.25) is 5.91 Å². The number of carbonyl (C=O) groups is 2. The van der Waals surface area contributed by atoms with E-state index in [1.165, 1.54) is 180 Å². The van der Waals surface area contributed by atoms with Crippen molar-refractivity contribution in [1.82, 2.24) is 4.90 Å². The standard InChI is InChI=1S/C41H82N2O3/c1-3-5-7-9-11-13-15-17-19-21-23-25-27-29-31-33-37-43(39(41(45)46)35-36-40(42)44)38-34-32-30-28-26-24-22-20-18-16-14-12-10-8-6-4-2/h39H,3-38H2,1-2H3,(H2,42,44)(H,45,46). The Morgan fingerprint density at radius 3 is 0.913 bits per heavy atom. The van der Waals surface area contributed by atoms with Gasteiger partial charge in [0.15, 0.2) is 0 Å². The molecule has 0 saturated heterocycles. The lowest BCUT2D eigenvalue weighted by Crippen LogP contribution is -2.43. The summed E-state index contributed by atoms with van der Waals surface area (Å²) >= 11 is 0. The summed E-state index contributed by atoms with van der Waals surface area (Å²) in [6.45, 7) is 6.19. The number of nitrogens with zero attached hydrogens (tertiary/aromatic N) is 1. The zero-order chi connectivity index (χ0) is 33.8. The van der Waals surface area contributed by atoms with Gasteiger partial charge in [-0.2, -0.15) is 0 Å². The van der Waals surface area contributed by atoms with Crippen LogP contribution >= 0.6 is 0 Å². The maximum absolute atomic E-state index is 12.1. The summed E-state index contributed by atoms with van der Waals surface area (Å²) in [7, 11) is 0. The summed E-state index contributed by atoms with van der Waals surface area (Å²) in [5.74, 6) is -1.22. The van der Waals surface area contributed by atoms with Gasteiger partial charge in [0.25, 0.3) is 0 Å². The number of unbranched alkanes of at least 4 members (excludes halogenated alkanes) is 30. The molecule has 0 aromatic carbocycles. The molecule has 0 aromatic heterocycles. The monoisotopic (exact) mass is 651 g/mol. The van der Waals surface area contributed by atoms with Crippen molar-refractivity contribution >= 4 is 11.9 Å². The van der Waals surface area contributed by atoms with Gasteiger partial charge in [0, 0.05) is 6.42 Å². The van der Waals surface area contributed by atoms with Crippen molar-refractivity contribution in [2.45, 2.75) is 238 Å². The lowest BCUT2D eigenvalue weighted by molar-refractivity contribution is -0.143. The molecule has 0 heterocycles. The quantitative estimate of drug-likeness (QED) is 0.0648. The Hall–Kier alpha value is -1.10. The van der Waals surface area contributed by atoms with Crippen molar-refractivity contribution in [2.75, 3.05) is 13.1 Å². The molecule has 1 atom stereocenters. The minimum atomic E-state index is -0.811. The number of nitrogens with two attached hydrogens (primary N) is 1. The van der Waals surface area contributed by atoms with Crippen LogP contribution in [-0.2, 0) is 9.59 Å². The Balaban J connectivity index is 3.99. The van der Waals surface area contributed by atoms with Crippen molar-refractivity contribution in [2.24, 2.45) is 5.73 Å². The van der Waals surface area contributed by atoms with E-state index in [4.69, 9.17) is 5.73 Å². The molecule has 0 spiro atoms. The Morgan fingerprint density at radius 2 is 0.696 bits per heavy atom. The highest BCUT2D eigenvalue weighted by molar-refractivity contribution is 5.77. The average molecular weight is 651 g/mol. The maximum atomic E-state index is 12.1. The van der Waals surface area contributed by atoms with Gasteiger partial charge in [-0.05, 0) is 32.4 Å². The highest BCUT2D eigenvalue weighted by Crippen LogP contribution is 2.17. The minimum absolute atomic E-state index is 0.144. The number of amides is 1. The molecule has 1 unspecified atom stereocenters. The number of rotatable bonds is 39. The predicted molar refractivity (Wildman–Crippen MR) is 201 cm³/mol. The summed E-state index contributed by atoms with van der Waals surface area (Å²) in [6.07, 6.45) is 43.4. The Bertz CT molecular complexity index is 605. The number of hydrogen-bond donors (Lipinski definition) is 2. The average Bonchev–Trinajstić information content (AvgIpc) is 3.03. The number of carboxylic acid groups (broad SMARTS) is 1. The third kappa shape index (κ3) is 32.8. The number of primary amides is 1. The third-order valence-corrected chi connectivity index (χ3v) is 9.99. The molecule has 0 aliphatic rings. The van der Waals surface area contributed by atoms with Crippen LogP contribution in [0, 0.1) is 0 Å². The first-order chi connectivity index (χ1) is 22.5. The summed E-state index contributed by atoms with van der Waals surface area (Å²) in [5.41, 5.74) is 5.37. The SMILES string of the molecule is CCCCCCCCCCCCCCCCCCN(CCCCCCCCCCCCCCCCCC)C(CCC(N)=O)C(=O)O. The molecule has 0 aliphatic heterocycles. The lowest BCUT2D eigenvalue weighted by Gasteiger charge is -2.29. The molecule has 3 N–H and O–H groups in total. The van der Waals surface area contributed by atoms with E-state index < -0.39 is 17.9 Å². The highest BCUT2D eigenvalue weighted by atomic mass is 16.4. The second-order valence-corrected chi connectivity index (χ2v) is 14.5. The smallest absolute Gasteiger partial charge is 0.320 e. The molecule has 46 heavy (non-hydrogen) atoms. The van der Waals surface area contributed by atoms with Crippen LogP contribution in [0.5, 0.6) is 0 Å². The largest absolute Gasteiger partial charge is 0.480 e. The van der Waals surface area contributed by atoms with Crippen molar-refractivity contribution in [3.8, 4) is 0 Å². The highest BCUT2D eigenvalue weighted by Gasteiger charge is 2.25. The van der Waals surface area contributed by atoms with Crippen LogP contribution in [0.1, 0.15) is 232 Å². The molecule has 0 saturated carbocycles. The van der Waals surface area contributed by atoms with E-state index in [-0.39, 0.29) is 6.42 Å². The molecular formula is C41H82N2O3. The molecule has 5 heteroatoms. The third-order valence-electron chi connectivity index (χ3n) is 9.99. The van der Waals surface area contributed by atoms with Gasteiger partial charge in [0.1, 0.15) is 6.04 Å². The first kappa shape index (κ1) is 44.9. The Kier molecular flexibility index (Phi) is 35.9. The van der Waals surface area contributed by atoms with E-state index in [0.29, 0.717) is 6.42 Å². The topological polar surface area (TPSA) is 83.6 Å². The summed E-state index contributed by atoms with van der Waals surface area (Å²) in [6, 6.07) is -0.597. The van der Waals surface area contributed by atoms with E-state index in [2.05, 4.69) is 18.7 Å². The van der Waals surface area contributed by atoms with Gasteiger partial charge in [-0.3, -0.25) is 14.5 Å². The summed E-state index contributed by atoms with van der Waals surface area (Å²) < 4.78 is 0. The minimum Gasteiger partial charge on any atom is -0.480 e. The van der Waals surface area contributed by atoms with Crippen molar-refractivity contribution in [3.63, 3.8) is 0 Å². The second kappa shape index (κ2) is 36.7. The van der Waals surface area contributed by atoms with Crippen LogP contribution in [0.3, 0.4) is 0 Å². The van der Waals surface area contributed by atoms with E-state index in [0.717, 1.165) is 38.8 Å². The molecule has 0 aromatic rings. The fourth-order valence-electron chi connectivity index (χ4n) is 6.89. The fourth-order valence-corrected chi connectivity index (χ4v) is 6.89. The second-order valence-electron chi connectivity index (χ2n) is 14.5. The molecular weight excluding hydrogens is 568 g/mol. The summed E-state index contributed by atoms with van der Waals surface area (Å²) in [4.78, 5) is 25.6. The first-order valence-electron chi connectivity index (χ1n) is 20.8.